The summed E-state index contributed by atoms with van der Waals surface area (Å²) < 4.78 is 1.64. The van der Waals surface area contributed by atoms with Crippen molar-refractivity contribution in [2.24, 2.45) is 0 Å². The van der Waals surface area contributed by atoms with Crippen molar-refractivity contribution in [1.82, 2.24) is 14.9 Å². The van der Waals surface area contributed by atoms with Gasteiger partial charge in [-0.25, -0.2) is 0 Å². The number of carbonyl (C=O) groups excluding carboxylic acids is 1. The number of aliphatic carboxylic acids is 1. The van der Waals surface area contributed by atoms with Crippen molar-refractivity contribution in [2.45, 2.75) is 19.4 Å². The molecule has 4 aromatic rings. The quantitative estimate of drug-likeness (QED) is 0.192. The van der Waals surface area contributed by atoms with Gasteiger partial charge in [-0.15, -0.1) is 0 Å². The van der Waals surface area contributed by atoms with Crippen LogP contribution in [-0.4, -0.2) is 45.3 Å². The molecule has 10 heteroatoms. The van der Waals surface area contributed by atoms with Crippen molar-refractivity contribution in [3.05, 3.63) is 129 Å². The van der Waals surface area contributed by atoms with Gasteiger partial charge in [0.1, 0.15) is 0 Å². The lowest BCUT2D eigenvalue weighted by Crippen LogP contribution is -2.30. The van der Waals surface area contributed by atoms with E-state index in [-0.39, 0.29) is 36.7 Å². The van der Waals surface area contributed by atoms with Crippen LogP contribution in [0.1, 0.15) is 39.0 Å². The normalized spacial score (nSPS) is 10.6. The maximum absolute atomic E-state index is 12.8. The van der Waals surface area contributed by atoms with E-state index in [0.717, 1.165) is 16.7 Å². The van der Waals surface area contributed by atoms with Gasteiger partial charge in [0.2, 0.25) is 0 Å². The van der Waals surface area contributed by atoms with E-state index in [0.29, 0.717) is 34.8 Å². The van der Waals surface area contributed by atoms with Crippen LogP contribution < -0.4 is 16.2 Å². The van der Waals surface area contributed by atoms with E-state index in [9.17, 15) is 14.4 Å². The smallest absolute Gasteiger partial charge is 0.305 e. The summed E-state index contributed by atoms with van der Waals surface area (Å²) in [5, 5.41) is 23.5. The largest absolute Gasteiger partial charge is 0.481 e. The van der Waals surface area contributed by atoms with Gasteiger partial charge in [0.15, 0.2) is 0 Å². The number of nitrogens with one attached hydrogen (secondary N) is 3. The summed E-state index contributed by atoms with van der Waals surface area (Å²) in [4.78, 5) is 39.8. The molecular formula is C30H28ClN5O4. The number of nitrogens with zero attached hydrogens (tertiary/aromatic N) is 2. The summed E-state index contributed by atoms with van der Waals surface area (Å²) in [7, 11) is 0. The Hall–Kier alpha value is -4.76. The molecule has 0 aliphatic carbocycles. The standard InChI is InChI=1S/C30H28ClN5O4/c31-24-8-9-27(34-11-10-29(38)39)25(15-24)26(32)18-35-30(40)23-14-22(16-33-17-23)13-20-4-6-21(7-5-20)19-36-12-2-1-3-28(36)37/h1-9,12,14-17,32,34H,10-11,13,18-19H2,(H,35,40)(H,38,39). The number of carboxylic acid groups (broad SMARTS) is 1. The number of pyridine rings is 2. The summed E-state index contributed by atoms with van der Waals surface area (Å²) in [6.45, 7) is 0.627. The topological polar surface area (TPSA) is 137 Å². The third kappa shape index (κ3) is 7.87. The van der Waals surface area contributed by atoms with Crippen molar-refractivity contribution in [2.75, 3.05) is 18.4 Å². The Labute approximate surface area is 236 Å². The Bertz CT molecular complexity index is 1580. The van der Waals surface area contributed by atoms with Crippen molar-refractivity contribution < 1.29 is 14.7 Å². The first-order valence-electron chi connectivity index (χ1n) is 12.6. The van der Waals surface area contributed by atoms with Crippen LogP contribution in [0.4, 0.5) is 5.69 Å². The molecule has 0 spiro atoms. The fraction of sp³-hybridized carbons (Fsp3) is 0.167. The van der Waals surface area contributed by atoms with E-state index in [4.69, 9.17) is 22.1 Å². The Kier molecular flexibility index (Phi) is 9.43. The highest BCUT2D eigenvalue weighted by Crippen LogP contribution is 2.21. The molecule has 0 fully saturated rings. The summed E-state index contributed by atoms with van der Waals surface area (Å²) in [6, 6.07) is 19.7. The molecule has 0 radical (unpaired) electrons. The molecule has 2 aromatic carbocycles. The minimum atomic E-state index is -0.931. The highest BCUT2D eigenvalue weighted by molar-refractivity contribution is 6.31. The molecule has 0 aliphatic rings. The van der Waals surface area contributed by atoms with Crippen LogP contribution in [0, 0.1) is 5.41 Å². The van der Waals surface area contributed by atoms with Gasteiger partial charge in [-0.2, -0.15) is 0 Å². The second-order valence-corrected chi connectivity index (χ2v) is 9.60. The Morgan fingerprint density at radius 1 is 0.975 bits per heavy atom. The lowest BCUT2D eigenvalue weighted by atomic mass is 10.0. The number of anilines is 1. The SMILES string of the molecule is N=C(CNC(=O)c1cncc(Cc2ccc(Cn3ccccc3=O)cc2)c1)c1cc(Cl)ccc1NCCC(=O)O. The summed E-state index contributed by atoms with van der Waals surface area (Å²) >= 11 is 6.11. The molecule has 2 aromatic heterocycles. The number of hydrogen-bond donors (Lipinski definition) is 4. The monoisotopic (exact) mass is 557 g/mol. The first-order chi connectivity index (χ1) is 19.3. The fourth-order valence-electron chi connectivity index (χ4n) is 4.08. The number of carboxylic acids is 1. The molecular weight excluding hydrogens is 530 g/mol. The Morgan fingerprint density at radius 2 is 1.75 bits per heavy atom. The zero-order valence-corrected chi connectivity index (χ0v) is 22.3. The predicted octanol–water partition coefficient (Wildman–Crippen LogP) is 4.22. The first kappa shape index (κ1) is 28.3. The van der Waals surface area contributed by atoms with Gasteiger partial charge in [0.05, 0.1) is 30.8 Å². The number of carbonyl (C=O) groups is 2. The lowest BCUT2D eigenvalue weighted by molar-refractivity contribution is -0.136. The second-order valence-electron chi connectivity index (χ2n) is 9.16. The molecule has 0 aliphatic heterocycles. The van der Waals surface area contributed by atoms with E-state index in [2.05, 4.69) is 15.6 Å². The van der Waals surface area contributed by atoms with Gasteiger partial charge in [-0.3, -0.25) is 19.4 Å². The average molecular weight is 558 g/mol. The van der Waals surface area contributed by atoms with Gasteiger partial charge >= 0.3 is 5.97 Å². The molecule has 4 N–H and O–H groups in total. The minimum absolute atomic E-state index is 0.0525. The second kappa shape index (κ2) is 13.3. The van der Waals surface area contributed by atoms with E-state index in [1.807, 2.05) is 30.3 Å². The third-order valence-corrected chi connectivity index (χ3v) is 6.36. The minimum Gasteiger partial charge on any atom is -0.481 e. The van der Waals surface area contributed by atoms with Crippen LogP contribution in [-0.2, 0) is 17.8 Å². The highest BCUT2D eigenvalue weighted by atomic mass is 35.5. The maximum atomic E-state index is 12.8. The van der Waals surface area contributed by atoms with Gasteiger partial charge in [-0.05, 0) is 53.4 Å². The zero-order valence-electron chi connectivity index (χ0n) is 21.6. The molecule has 40 heavy (non-hydrogen) atoms. The molecule has 0 saturated carbocycles. The number of hydrogen-bond acceptors (Lipinski definition) is 6. The van der Waals surface area contributed by atoms with Crippen LogP contribution in [0.5, 0.6) is 0 Å². The van der Waals surface area contributed by atoms with Crippen molar-refractivity contribution >= 4 is 34.9 Å². The fourth-order valence-corrected chi connectivity index (χ4v) is 4.26. The van der Waals surface area contributed by atoms with Crippen LogP contribution in [0.15, 0.2) is 90.1 Å². The van der Waals surface area contributed by atoms with Crippen LogP contribution >= 0.6 is 11.6 Å². The summed E-state index contributed by atoms with van der Waals surface area (Å²) in [5.74, 6) is -1.30. The van der Waals surface area contributed by atoms with Gasteiger partial charge in [0, 0.05) is 47.5 Å². The number of aromatic nitrogens is 2. The number of rotatable bonds is 12. The third-order valence-electron chi connectivity index (χ3n) is 6.13. The average Bonchev–Trinajstić information content (AvgIpc) is 2.94. The number of amides is 1. The van der Waals surface area contributed by atoms with Crippen LogP contribution in [0.25, 0.3) is 0 Å². The van der Waals surface area contributed by atoms with E-state index >= 15 is 0 Å². The molecule has 204 valence electrons. The van der Waals surface area contributed by atoms with E-state index < -0.39 is 5.97 Å². The Balaban J connectivity index is 1.36. The molecule has 1 amide bonds. The van der Waals surface area contributed by atoms with Crippen molar-refractivity contribution in [3.63, 3.8) is 0 Å². The van der Waals surface area contributed by atoms with Crippen LogP contribution in [0.3, 0.4) is 0 Å². The number of benzene rings is 2. The van der Waals surface area contributed by atoms with Crippen LogP contribution in [0.2, 0.25) is 5.02 Å². The zero-order chi connectivity index (χ0) is 28.5. The summed E-state index contributed by atoms with van der Waals surface area (Å²) in [6.07, 6.45) is 5.43. The maximum Gasteiger partial charge on any atom is 0.305 e. The molecule has 0 saturated heterocycles. The predicted molar refractivity (Wildman–Crippen MR) is 155 cm³/mol. The van der Waals surface area contributed by atoms with Gasteiger partial charge in [0.25, 0.3) is 11.5 Å². The van der Waals surface area contributed by atoms with Crippen molar-refractivity contribution in [1.29, 1.82) is 5.41 Å². The molecule has 0 bridgehead atoms. The highest BCUT2D eigenvalue weighted by Gasteiger charge is 2.13. The number of halogens is 1. The van der Waals surface area contributed by atoms with Gasteiger partial charge < -0.3 is 25.7 Å². The Morgan fingerprint density at radius 3 is 2.50 bits per heavy atom. The molecule has 4 rings (SSSR count). The summed E-state index contributed by atoms with van der Waals surface area (Å²) in [5.41, 5.74) is 4.38. The van der Waals surface area contributed by atoms with Gasteiger partial charge in [-0.1, -0.05) is 41.9 Å². The molecule has 2 heterocycles. The molecule has 0 atom stereocenters. The molecule has 0 unspecified atom stereocenters. The first-order valence-corrected chi connectivity index (χ1v) is 12.9. The van der Waals surface area contributed by atoms with E-state index in [1.165, 1.54) is 12.3 Å². The molecule has 9 nitrogen and oxygen atoms in total. The lowest BCUT2D eigenvalue weighted by Gasteiger charge is -2.14. The van der Waals surface area contributed by atoms with Crippen molar-refractivity contribution in [3.8, 4) is 0 Å². The van der Waals surface area contributed by atoms with E-state index in [1.54, 1.807) is 47.3 Å².